The summed E-state index contributed by atoms with van der Waals surface area (Å²) in [7, 11) is 0. The molecule has 0 spiro atoms. The number of aryl methyl sites for hydroxylation is 1. The van der Waals surface area contributed by atoms with Gasteiger partial charge >= 0.3 is 0 Å². The third kappa shape index (κ3) is 5.57. The van der Waals surface area contributed by atoms with E-state index in [4.69, 9.17) is 4.52 Å². The lowest BCUT2D eigenvalue weighted by molar-refractivity contribution is -0.120. The zero-order valence-electron chi connectivity index (χ0n) is 13.9. The fourth-order valence-electron chi connectivity index (χ4n) is 2.87. The second-order valence-corrected chi connectivity index (χ2v) is 7.29. The number of aromatic nitrogens is 1. The van der Waals surface area contributed by atoms with Gasteiger partial charge in [-0.05, 0) is 25.2 Å². The van der Waals surface area contributed by atoms with E-state index in [1.165, 1.54) is 24.6 Å². The summed E-state index contributed by atoms with van der Waals surface area (Å²) in [5, 5.41) is 9.44. The molecule has 2 amide bonds. The van der Waals surface area contributed by atoms with Crippen LogP contribution in [0.5, 0.6) is 0 Å². The number of hydrogen-bond acceptors (Lipinski definition) is 5. The van der Waals surface area contributed by atoms with Crippen LogP contribution in [0.25, 0.3) is 0 Å². The quantitative estimate of drug-likeness (QED) is 0.832. The Morgan fingerprint density at radius 2 is 2.04 bits per heavy atom. The number of nitrogens with one attached hydrogen (secondary N) is 2. The SMILES string of the molecule is Cc1cc(NC(=O)CSCC(=O)NC2CCCC(C)C2C)no1. The maximum absolute atomic E-state index is 12.0. The zero-order chi connectivity index (χ0) is 16.8. The van der Waals surface area contributed by atoms with Gasteiger partial charge in [0.15, 0.2) is 5.82 Å². The summed E-state index contributed by atoms with van der Waals surface area (Å²) in [5.41, 5.74) is 0. The topological polar surface area (TPSA) is 84.2 Å². The van der Waals surface area contributed by atoms with Crippen LogP contribution >= 0.6 is 11.8 Å². The number of anilines is 1. The molecule has 3 atom stereocenters. The van der Waals surface area contributed by atoms with Gasteiger partial charge in [0.2, 0.25) is 11.8 Å². The van der Waals surface area contributed by atoms with Crippen molar-refractivity contribution in [2.24, 2.45) is 11.8 Å². The number of hydrogen-bond donors (Lipinski definition) is 2. The van der Waals surface area contributed by atoms with Crippen LogP contribution in [-0.2, 0) is 9.59 Å². The minimum Gasteiger partial charge on any atom is -0.360 e. The maximum atomic E-state index is 12.0. The normalized spacial score (nSPS) is 24.2. The Morgan fingerprint density at radius 3 is 2.74 bits per heavy atom. The maximum Gasteiger partial charge on any atom is 0.235 e. The van der Waals surface area contributed by atoms with E-state index in [-0.39, 0.29) is 23.6 Å². The number of carbonyl (C=O) groups is 2. The van der Waals surface area contributed by atoms with Crippen LogP contribution in [0.3, 0.4) is 0 Å². The van der Waals surface area contributed by atoms with Crippen molar-refractivity contribution in [3.05, 3.63) is 11.8 Å². The van der Waals surface area contributed by atoms with Crippen LogP contribution in [0.2, 0.25) is 0 Å². The Balaban J connectivity index is 1.65. The minimum atomic E-state index is -0.184. The van der Waals surface area contributed by atoms with Crippen LogP contribution in [0.15, 0.2) is 10.6 Å². The molecule has 1 aliphatic rings. The largest absolute Gasteiger partial charge is 0.360 e. The molecule has 0 bridgehead atoms. The second-order valence-electron chi connectivity index (χ2n) is 6.31. The van der Waals surface area contributed by atoms with E-state index >= 15 is 0 Å². The van der Waals surface area contributed by atoms with Crippen LogP contribution < -0.4 is 10.6 Å². The molecule has 1 aromatic heterocycles. The van der Waals surface area contributed by atoms with E-state index in [0.29, 0.717) is 29.2 Å². The van der Waals surface area contributed by atoms with E-state index in [2.05, 4.69) is 29.6 Å². The molecule has 2 rings (SSSR count). The van der Waals surface area contributed by atoms with Gasteiger partial charge in [-0.15, -0.1) is 11.8 Å². The third-order valence-electron chi connectivity index (χ3n) is 4.41. The number of thioether (sulfide) groups is 1. The molecule has 23 heavy (non-hydrogen) atoms. The first-order valence-electron chi connectivity index (χ1n) is 8.06. The van der Waals surface area contributed by atoms with E-state index in [9.17, 15) is 9.59 Å². The fourth-order valence-corrected chi connectivity index (χ4v) is 3.50. The third-order valence-corrected chi connectivity index (χ3v) is 5.35. The van der Waals surface area contributed by atoms with E-state index in [1.807, 2.05) is 0 Å². The predicted molar refractivity (Wildman–Crippen MR) is 91.3 cm³/mol. The summed E-state index contributed by atoms with van der Waals surface area (Å²) < 4.78 is 4.88. The molecule has 1 aliphatic carbocycles. The first-order valence-corrected chi connectivity index (χ1v) is 9.21. The fraction of sp³-hybridized carbons (Fsp3) is 0.688. The van der Waals surface area contributed by atoms with Crippen LogP contribution in [0.4, 0.5) is 5.82 Å². The lowest BCUT2D eigenvalue weighted by atomic mass is 9.78. The highest BCUT2D eigenvalue weighted by Gasteiger charge is 2.27. The number of amides is 2. The smallest absolute Gasteiger partial charge is 0.235 e. The van der Waals surface area contributed by atoms with Crippen molar-refractivity contribution in [3.8, 4) is 0 Å². The van der Waals surface area contributed by atoms with Crippen LogP contribution in [0, 0.1) is 18.8 Å². The van der Waals surface area contributed by atoms with E-state index in [0.717, 1.165) is 6.42 Å². The van der Waals surface area contributed by atoms with Gasteiger partial charge in [0.05, 0.1) is 11.5 Å². The van der Waals surface area contributed by atoms with Crippen molar-refractivity contribution >= 4 is 29.4 Å². The molecule has 7 heteroatoms. The summed E-state index contributed by atoms with van der Waals surface area (Å²) in [6.07, 6.45) is 3.46. The Kier molecular flexibility index (Phi) is 6.50. The highest BCUT2D eigenvalue weighted by molar-refractivity contribution is 8.00. The van der Waals surface area contributed by atoms with Gasteiger partial charge in [0.1, 0.15) is 5.76 Å². The van der Waals surface area contributed by atoms with Crippen molar-refractivity contribution in [1.29, 1.82) is 0 Å². The van der Waals surface area contributed by atoms with Crippen molar-refractivity contribution in [2.45, 2.75) is 46.1 Å². The summed E-state index contributed by atoms with van der Waals surface area (Å²) in [6.45, 7) is 6.21. The van der Waals surface area contributed by atoms with E-state index in [1.54, 1.807) is 13.0 Å². The number of nitrogens with zero attached hydrogens (tertiary/aromatic N) is 1. The molecule has 6 nitrogen and oxygen atoms in total. The average Bonchev–Trinajstić information content (AvgIpc) is 2.89. The molecule has 3 unspecified atom stereocenters. The Morgan fingerprint density at radius 1 is 1.30 bits per heavy atom. The summed E-state index contributed by atoms with van der Waals surface area (Å²) in [4.78, 5) is 23.8. The summed E-state index contributed by atoms with van der Waals surface area (Å²) in [6, 6.07) is 1.92. The average molecular weight is 339 g/mol. The van der Waals surface area contributed by atoms with Gasteiger partial charge in [0.25, 0.3) is 0 Å². The molecule has 1 saturated carbocycles. The number of rotatable bonds is 6. The van der Waals surface area contributed by atoms with Gasteiger partial charge < -0.3 is 15.2 Å². The molecule has 1 heterocycles. The lowest BCUT2D eigenvalue weighted by Crippen LogP contribution is -2.44. The zero-order valence-corrected chi connectivity index (χ0v) is 14.7. The van der Waals surface area contributed by atoms with Gasteiger partial charge in [-0.3, -0.25) is 9.59 Å². The molecular weight excluding hydrogens is 314 g/mol. The Hall–Kier alpha value is -1.50. The molecule has 1 fully saturated rings. The first-order chi connectivity index (χ1) is 11.0. The standard InChI is InChI=1S/C16H25N3O3S/c1-10-5-4-6-13(12(10)3)17-15(20)8-23-9-16(21)18-14-7-11(2)22-19-14/h7,10,12-13H,4-6,8-9H2,1-3H3,(H,17,20)(H,18,19,21). The molecule has 2 N–H and O–H groups in total. The Bertz CT molecular complexity index is 546. The molecule has 128 valence electrons. The highest BCUT2D eigenvalue weighted by Crippen LogP contribution is 2.29. The van der Waals surface area contributed by atoms with Gasteiger partial charge in [-0.1, -0.05) is 31.8 Å². The van der Waals surface area contributed by atoms with Crippen LogP contribution in [-0.4, -0.2) is 34.5 Å². The summed E-state index contributed by atoms with van der Waals surface area (Å²) >= 11 is 1.30. The predicted octanol–water partition coefficient (Wildman–Crippen LogP) is 2.60. The highest BCUT2D eigenvalue weighted by atomic mass is 32.2. The van der Waals surface area contributed by atoms with Crippen molar-refractivity contribution in [3.63, 3.8) is 0 Å². The first kappa shape index (κ1) is 17.8. The van der Waals surface area contributed by atoms with Crippen molar-refractivity contribution < 1.29 is 14.1 Å². The van der Waals surface area contributed by atoms with Crippen LogP contribution in [0.1, 0.15) is 38.9 Å². The monoisotopic (exact) mass is 339 g/mol. The Labute approximate surface area is 141 Å². The van der Waals surface area contributed by atoms with Crippen molar-refractivity contribution in [2.75, 3.05) is 16.8 Å². The van der Waals surface area contributed by atoms with Gasteiger partial charge in [-0.2, -0.15) is 0 Å². The van der Waals surface area contributed by atoms with Gasteiger partial charge in [-0.25, -0.2) is 0 Å². The van der Waals surface area contributed by atoms with Crippen molar-refractivity contribution in [1.82, 2.24) is 10.5 Å². The molecule has 0 saturated heterocycles. The summed E-state index contributed by atoms with van der Waals surface area (Å²) in [5.74, 6) is 2.54. The lowest BCUT2D eigenvalue weighted by Gasteiger charge is -2.34. The molecular formula is C16H25N3O3S. The minimum absolute atomic E-state index is 0.00558. The molecule has 0 radical (unpaired) electrons. The van der Waals surface area contributed by atoms with Gasteiger partial charge in [0, 0.05) is 12.1 Å². The second kappa shape index (κ2) is 8.38. The number of carbonyl (C=O) groups excluding carboxylic acids is 2. The van der Waals surface area contributed by atoms with E-state index < -0.39 is 0 Å². The molecule has 0 aromatic carbocycles. The molecule has 0 aliphatic heterocycles. The molecule has 1 aromatic rings.